The molecule has 0 aromatic carbocycles. The van der Waals surface area contributed by atoms with Crippen molar-refractivity contribution in [1.82, 2.24) is 0 Å². The molecule has 0 bridgehead atoms. The highest BCUT2D eigenvalue weighted by atomic mass is 19.3. The molecule has 1 rings (SSSR count). The van der Waals surface area contributed by atoms with Crippen LogP contribution < -0.4 is 0 Å². The number of hydrogen-bond donors (Lipinski definition) is 1. The van der Waals surface area contributed by atoms with E-state index in [0.29, 0.717) is 0 Å². The molecule has 0 amide bonds. The summed E-state index contributed by atoms with van der Waals surface area (Å²) in [4.78, 5) is 0. The number of aliphatic hydroxyl groups excluding tert-OH is 1. The van der Waals surface area contributed by atoms with Gasteiger partial charge in [0.15, 0.2) is 0 Å². The van der Waals surface area contributed by atoms with Gasteiger partial charge in [-0.1, -0.05) is 6.92 Å². The minimum absolute atomic E-state index is 0.0179. The van der Waals surface area contributed by atoms with E-state index in [1.165, 1.54) is 0 Å². The van der Waals surface area contributed by atoms with Gasteiger partial charge in [0.1, 0.15) is 0 Å². The molecule has 1 N–H and O–H groups in total. The third kappa shape index (κ3) is 2.41. The summed E-state index contributed by atoms with van der Waals surface area (Å²) in [7, 11) is 0. The molecule has 72 valence electrons. The molecule has 1 aliphatic rings. The van der Waals surface area contributed by atoms with Crippen molar-refractivity contribution in [1.29, 1.82) is 0 Å². The molecule has 0 heterocycles. The fraction of sp³-hybridized carbons (Fsp3) is 1.00. The first-order valence-corrected chi connectivity index (χ1v) is 4.46. The van der Waals surface area contributed by atoms with Gasteiger partial charge in [0, 0.05) is 12.8 Å². The van der Waals surface area contributed by atoms with Crippen LogP contribution in [0.2, 0.25) is 0 Å². The first-order valence-electron chi connectivity index (χ1n) is 4.46. The molecule has 3 heteroatoms. The zero-order chi connectivity index (χ0) is 9.35. The Morgan fingerprint density at radius 2 is 1.92 bits per heavy atom. The SMILES string of the molecule is CC(O)C(C)CC1CC(F)(F)C1. The number of rotatable bonds is 3. The van der Waals surface area contributed by atoms with E-state index in [4.69, 9.17) is 5.11 Å². The van der Waals surface area contributed by atoms with Crippen molar-refractivity contribution in [3.63, 3.8) is 0 Å². The molecule has 1 aliphatic carbocycles. The van der Waals surface area contributed by atoms with Crippen molar-refractivity contribution in [3.8, 4) is 0 Å². The van der Waals surface area contributed by atoms with Crippen LogP contribution >= 0.6 is 0 Å². The summed E-state index contributed by atoms with van der Waals surface area (Å²) in [5, 5.41) is 9.13. The average molecular weight is 178 g/mol. The zero-order valence-electron chi connectivity index (χ0n) is 7.56. The van der Waals surface area contributed by atoms with Gasteiger partial charge in [0.05, 0.1) is 6.10 Å². The van der Waals surface area contributed by atoms with Gasteiger partial charge in [-0.25, -0.2) is 8.78 Å². The Kier molecular flexibility index (Phi) is 2.71. The third-order valence-electron chi connectivity index (χ3n) is 2.70. The molecule has 1 nitrogen and oxygen atoms in total. The summed E-state index contributed by atoms with van der Waals surface area (Å²) in [6.07, 6.45) is 0.390. The van der Waals surface area contributed by atoms with Gasteiger partial charge in [0.25, 0.3) is 0 Å². The lowest BCUT2D eigenvalue weighted by Crippen LogP contribution is -2.37. The van der Waals surface area contributed by atoms with Crippen LogP contribution in [0.25, 0.3) is 0 Å². The normalized spacial score (nSPS) is 27.8. The van der Waals surface area contributed by atoms with Gasteiger partial charge in [-0.3, -0.25) is 0 Å². The van der Waals surface area contributed by atoms with E-state index in [-0.39, 0.29) is 30.8 Å². The monoisotopic (exact) mass is 178 g/mol. The predicted octanol–water partition coefficient (Wildman–Crippen LogP) is 2.44. The summed E-state index contributed by atoms with van der Waals surface area (Å²) in [5.74, 6) is -2.14. The molecule has 0 radical (unpaired) electrons. The number of hydrogen-bond acceptors (Lipinski definition) is 1. The first kappa shape index (κ1) is 9.90. The van der Waals surface area contributed by atoms with Crippen molar-refractivity contribution in [2.75, 3.05) is 0 Å². The van der Waals surface area contributed by atoms with Gasteiger partial charge in [-0.2, -0.15) is 0 Å². The molecular formula is C9H16F2O. The number of aliphatic hydroxyl groups is 1. The Labute approximate surface area is 71.8 Å². The minimum Gasteiger partial charge on any atom is -0.393 e. The van der Waals surface area contributed by atoms with Crippen LogP contribution in [-0.4, -0.2) is 17.1 Å². The first-order chi connectivity index (χ1) is 5.41. The summed E-state index contributed by atoms with van der Waals surface area (Å²) in [6.45, 7) is 3.61. The Morgan fingerprint density at radius 3 is 2.25 bits per heavy atom. The van der Waals surface area contributed by atoms with E-state index >= 15 is 0 Å². The molecule has 0 saturated heterocycles. The van der Waals surface area contributed by atoms with E-state index in [2.05, 4.69) is 0 Å². The third-order valence-corrected chi connectivity index (χ3v) is 2.70. The standard InChI is InChI=1S/C9H16F2O/c1-6(7(2)12)3-8-4-9(10,11)5-8/h6-8,12H,3-5H2,1-2H3. The highest BCUT2D eigenvalue weighted by Gasteiger charge is 2.45. The second-order valence-electron chi connectivity index (χ2n) is 4.08. The van der Waals surface area contributed by atoms with E-state index < -0.39 is 5.92 Å². The molecule has 1 fully saturated rings. The second kappa shape index (κ2) is 3.29. The smallest absolute Gasteiger partial charge is 0.248 e. The van der Waals surface area contributed by atoms with Gasteiger partial charge in [-0.15, -0.1) is 0 Å². The van der Waals surface area contributed by atoms with E-state index in [9.17, 15) is 8.78 Å². The Bertz CT molecular complexity index is 149. The molecule has 12 heavy (non-hydrogen) atoms. The highest BCUT2D eigenvalue weighted by molar-refractivity contribution is 4.87. The van der Waals surface area contributed by atoms with Crippen LogP contribution in [0.15, 0.2) is 0 Å². The van der Waals surface area contributed by atoms with Crippen LogP contribution in [0.5, 0.6) is 0 Å². The van der Waals surface area contributed by atoms with Crippen molar-refractivity contribution in [2.24, 2.45) is 11.8 Å². The predicted molar refractivity (Wildman–Crippen MR) is 43.1 cm³/mol. The molecular weight excluding hydrogens is 162 g/mol. The maximum absolute atomic E-state index is 12.4. The molecule has 2 unspecified atom stereocenters. The average Bonchev–Trinajstić information content (AvgIpc) is 1.83. The highest BCUT2D eigenvalue weighted by Crippen LogP contribution is 2.45. The zero-order valence-corrected chi connectivity index (χ0v) is 7.56. The summed E-state index contributed by atoms with van der Waals surface area (Å²) < 4.78 is 24.8. The molecule has 0 aliphatic heterocycles. The van der Waals surface area contributed by atoms with Crippen molar-refractivity contribution < 1.29 is 13.9 Å². The lowest BCUT2D eigenvalue weighted by Gasteiger charge is -2.36. The van der Waals surface area contributed by atoms with E-state index in [1.807, 2.05) is 6.92 Å². The largest absolute Gasteiger partial charge is 0.393 e. The van der Waals surface area contributed by atoms with Crippen molar-refractivity contribution >= 4 is 0 Å². The molecule has 0 aromatic heterocycles. The molecule has 0 spiro atoms. The molecule has 2 atom stereocenters. The van der Waals surface area contributed by atoms with Crippen LogP contribution in [-0.2, 0) is 0 Å². The molecule has 0 aromatic rings. The maximum Gasteiger partial charge on any atom is 0.248 e. The van der Waals surface area contributed by atoms with Crippen molar-refractivity contribution in [3.05, 3.63) is 0 Å². The van der Waals surface area contributed by atoms with Gasteiger partial charge in [-0.05, 0) is 25.2 Å². The van der Waals surface area contributed by atoms with Crippen LogP contribution in [0, 0.1) is 11.8 Å². The summed E-state index contributed by atoms with van der Waals surface area (Å²) >= 11 is 0. The van der Waals surface area contributed by atoms with Gasteiger partial charge in [0.2, 0.25) is 5.92 Å². The fourth-order valence-electron chi connectivity index (χ4n) is 1.67. The second-order valence-corrected chi connectivity index (χ2v) is 4.08. The van der Waals surface area contributed by atoms with Crippen LogP contribution in [0.4, 0.5) is 8.78 Å². The van der Waals surface area contributed by atoms with Gasteiger partial charge < -0.3 is 5.11 Å². The Balaban J connectivity index is 2.19. The number of alkyl halides is 2. The fourth-order valence-corrected chi connectivity index (χ4v) is 1.67. The van der Waals surface area contributed by atoms with Crippen LogP contribution in [0.3, 0.4) is 0 Å². The van der Waals surface area contributed by atoms with Crippen molar-refractivity contribution in [2.45, 2.75) is 45.1 Å². The number of halogens is 2. The van der Waals surface area contributed by atoms with Crippen LogP contribution in [0.1, 0.15) is 33.1 Å². The van der Waals surface area contributed by atoms with E-state index in [0.717, 1.165) is 6.42 Å². The quantitative estimate of drug-likeness (QED) is 0.703. The molecule has 1 saturated carbocycles. The minimum atomic E-state index is -2.41. The lowest BCUT2D eigenvalue weighted by atomic mass is 9.75. The van der Waals surface area contributed by atoms with E-state index in [1.54, 1.807) is 6.92 Å². The lowest BCUT2D eigenvalue weighted by molar-refractivity contribution is -0.117. The Hall–Kier alpha value is -0.180. The summed E-state index contributed by atoms with van der Waals surface area (Å²) in [5.41, 5.74) is 0. The Morgan fingerprint density at radius 1 is 1.42 bits per heavy atom. The maximum atomic E-state index is 12.4. The summed E-state index contributed by atoms with van der Waals surface area (Å²) in [6, 6.07) is 0. The topological polar surface area (TPSA) is 20.2 Å². The van der Waals surface area contributed by atoms with Gasteiger partial charge >= 0.3 is 0 Å².